The molecule has 0 unspecified atom stereocenters. The van der Waals surface area contributed by atoms with Gasteiger partial charge in [0.1, 0.15) is 5.78 Å². The van der Waals surface area contributed by atoms with Crippen molar-refractivity contribution in [1.29, 1.82) is 0 Å². The Balaban J connectivity index is 1.70. The molecule has 2 aliphatic rings. The highest BCUT2D eigenvalue weighted by atomic mass is 16.1. The van der Waals surface area contributed by atoms with Crippen molar-refractivity contribution in [3.8, 4) is 0 Å². The van der Waals surface area contributed by atoms with Crippen molar-refractivity contribution in [3.05, 3.63) is 0 Å². The lowest BCUT2D eigenvalue weighted by Gasteiger charge is -2.32. The molecule has 2 aliphatic carbocycles. The number of hydrogen-bond acceptors (Lipinski definition) is 2. The minimum absolute atomic E-state index is 0.365. The molecule has 2 saturated carbocycles. The predicted octanol–water partition coefficient (Wildman–Crippen LogP) is 3.06. The van der Waals surface area contributed by atoms with Crippen LogP contribution >= 0.6 is 0 Å². The summed E-state index contributed by atoms with van der Waals surface area (Å²) in [6.45, 7) is 1.75. The van der Waals surface area contributed by atoms with E-state index in [2.05, 4.69) is 5.32 Å². The van der Waals surface area contributed by atoms with Gasteiger partial charge in [-0.1, -0.05) is 19.3 Å². The van der Waals surface area contributed by atoms with Gasteiger partial charge in [-0.2, -0.15) is 0 Å². The van der Waals surface area contributed by atoms with Crippen LogP contribution in [0, 0.1) is 5.92 Å². The van der Waals surface area contributed by atoms with Gasteiger partial charge >= 0.3 is 0 Å². The molecular weight excluding hydrogens is 198 g/mol. The van der Waals surface area contributed by atoms with Crippen LogP contribution in [0.15, 0.2) is 0 Å². The molecule has 0 saturated heterocycles. The number of rotatable bonds is 3. The molecule has 1 N–H and O–H groups in total. The number of nitrogens with one attached hydrogen (secondary N) is 1. The van der Waals surface area contributed by atoms with Crippen molar-refractivity contribution >= 4 is 5.78 Å². The summed E-state index contributed by atoms with van der Waals surface area (Å²) in [7, 11) is 0. The second kappa shape index (κ2) is 5.81. The summed E-state index contributed by atoms with van der Waals surface area (Å²) in [5, 5.41) is 3.81. The van der Waals surface area contributed by atoms with E-state index in [1.54, 1.807) is 6.92 Å². The average Bonchev–Trinajstić information content (AvgIpc) is 2.31. The van der Waals surface area contributed by atoms with Crippen LogP contribution in [-0.4, -0.2) is 17.9 Å². The van der Waals surface area contributed by atoms with E-state index in [1.807, 2.05) is 0 Å². The lowest BCUT2D eigenvalue weighted by molar-refractivity contribution is -0.121. The Morgan fingerprint density at radius 3 is 2.00 bits per heavy atom. The lowest BCUT2D eigenvalue weighted by Crippen LogP contribution is -2.42. The van der Waals surface area contributed by atoms with Crippen LogP contribution in [0.25, 0.3) is 0 Å². The smallest absolute Gasteiger partial charge is 0.132 e. The number of hydrogen-bond donors (Lipinski definition) is 1. The molecule has 0 aromatic heterocycles. The third-order valence-corrected chi connectivity index (χ3v) is 4.38. The predicted molar refractivity (Wildman–Crippen MR) is 66.4 cm³/mol. The van der Waals surface area contributed by atoms with Crippen molar-refractivity contribution in [1.82, 2.24) is 5.32 Å². The quantitative estimate of drug-likeness (QED) is 0.796. The van der Waals surface area contributed by atoms with E-state index in [0.29, 0.717) is 17.7 Å². The fraction of sp³-hybridized carbons (Fsp3) is 0.929. The topological polar surface area (TPSA) is 29.1 Å². The summed E-state index contributed by atoms with van der Waals surface area (Å²) >= 11 is 0. The van der Waals surface area contributed by atoms with E-state index in [-0.39, 0.29) is 0 Å². The third kappa shape index (κ3) is 3.31. The molecule has 0 aromatic carbocycles. The molecule has 0 atom stereocenters. The number of ketones is 1. The van der Waals surface area contributed by atoms with Gasteiger partial charge in [-0.05, 0) is 45.4 Å². The van der Waals surface area contributed by atoms with E-state index >= 15 is 0 Å². The third-order valence-electron chi connectivity index (χ3n) is 4.38. The van der Waals surface area contributed by atoms with Crippen molar-refractivity contribution in [2.24, 2.45) is 5.92 Å². The van der Waals surface area contributed by atoms with Crippen LogP contribution in [0.4, 0.5) is 0 Å². The van der Waals surface area contributed by atoms with E-state index in [1.165, 1.54) is 44.9 Å². The summed E-state index contributed by atoms with van der Waals surface area (Å²) in [6, 6.07) is 1.46. The van der Waals surface area contributed by atoms with Gasteiger partial charge in [0.15, 0.2) is 0 Å². The van der Waals surface area contributed by atoms with Gasteiger partial charge in [0.05, 0.1) is 0 Å². The highest BCUT2D eigenvalue weighted by Crippen LogP contribution is 2.26. The van der Waals surface area contributed by atoms with Gasteiger partial charge in [0.2, 0.25) is 0 Å². The lowest BCUT2D eigenvalue weighted by atomic mass is 9.83. The molecule has 0 aromatic rings. The fourth-order valence-electron chi connectivity index (χ4n) is 3.27. The molecule has 0 aliphatic heterocycles. The first-order valence-corrected chi connectivity index (χ1v) is 7.02. The molecule has 2 rings (SSSR count). The van der Waals surface area contributed by atoms with Crippen LogP contribution < -0.4 is 5.32 Å². The standard InChI is InChI=1S/C14H25NO/c1-11(16)12-7-9-14(10-8-12)15-13-5-3-2-4-6-13/h12-15H,2-10H2,1H3. The first-order valence-electron chi connectivity index (χ1n) is 7.02. The Morgan fingerprint density at radius 1 is 0.875 bits per heavy atom. The van der Waals surface area contributed by atoms with Crippen LogP contribution in [-0.2, 0) is 4.79 Å². The summed E-state index contributed by atoms with van der Waals surface area (Å²) in [5.74, 6) is 0.764. The maximum Gasteiger partial charge on any atom is 0.132 e. The summed E-state index contributed by atoms with van der Waals surface area (Å²) < 4.78 is 0. The molecule has 2 fully saturated rings. The zero-order valence-electron chi connectivity index (χ0n) is 10.5. The van der Waals surface area contributed by atoms with E-state index in [4.69, 9.17) is 0 Å². The van der Waals surface area contributed by atoms with Crippen LogP contribution in [0.3, 0.4) is 0 Å². The summed E-state index contributed by atoms with van der Waals surface area (Å²) in [6.07, 6.45) is 11.6. The van der Waals surface area contributed by atoms with Gasteiger partial charge in [-0.15, -0.1) is 0 Å². The van der Waals surface area contributed by atoms with Gasteiger partial charge in [-0.25, -0.2) is 0 Å². The zero-order valence-corrected chi connectivity index (χ0v) is 10.5. The Morgan fingerprint density at radius 2 is 1.44 bits per heavy atom. The van der Waals surface area contributed by atoms with Crippen molar-refractivity contribution in [3.63, 3.8) is 0 Å². The molecule has 92 valence electrons. The highest BCUT2D eigenvalue weighted by Gasteiger charge is 2.25. The largest absolute Gasteiger partial charge is 0.311 e. The van der Waals surface area contributed by atoms with Crippen LogP contribution in [0.2, 0.25) is 0 Å². The molecule has 0 amide bonds. The average molecular weight is 223 g/mol. The summed E-state index contributed by atoms with van der Waals surface area (Å²) in [4.78, 5) is 11.3. The maximum absolute atomic E-state index is 11.3. The number of Topliss-reactive ketones (excluding diaryl/α,β-unsaturated/α-hetero) is 1. The zero-order chi connectivity index (χ0) is 11.4. The number of carbonyl (C=O) groups is 1. The van der Waals surface area contributed by atoms with Gasteiger partial charge in [0.25, 0.3) is 0 Å². The minimum atomic E-state index is 0.365. The molecule has 0 heterocycles. The monoisotopic (exact) mass is 223 g/mol. The normalized spacial score (nSPS) is 32.6. The SMILES string of the molecule is CC(=O)C1CCC(NC2CCCCC2)CC1. The van der Waals surface area contributed by atoms with Crippen molar-refractivity contribution in [2.75, 3.05) is 0 Å². The van der Waals surface area contributed by atoms with E-state index < -0.39 is 0 Å². The van der Waals surface area contributed by atoms with Gasteiger partial charge < -0.3 is 5.32 Å². The molecule has 2 heteroatoms. The van der Waals surface area contributed by atoms with Crippen LogP contribution in [0.1, 0.15) is 64.7 Å². The molecule has 16 heavy (non-hydrogen) atoms. The van der Waals surface area contributed by atoms with E-state index in [9.17, 15) is 4.79 Å². The number of carbonyl (C=O) groups excluding carboxylic acids is 1. The second-order valence-electron chi connectivity index (χ2n) is 5.66. The summed E-state index contributed by atoms with van der Waals surface area (Å²) in [5.41, 5.74) is 0. The Hall–Kier alpha value is -0.370. The Kier molecular flexibility index (Phi) is 4.39. The fourth-order valence-corrected chi connectivity index (χ4v) is 3.27. The van der Waals surface area contributed by atoms with Crippen molar-refractivity contribution < 1.29 is 4.79 Å². The van der Waals surface area contributed by atoms with Crippen LogP contribution in [0.5, 0.6) is 0 Å². The first-order chi connectivity index (χ1) is 7.75. The molecular formula is C14H25NO. The molecule has 0 spiro atoms. The maximum atomic E-state index is 11.3. The Bertz CT molecular complexity index is 225. The van der Waals surface area contributed by atoms with Gasteiger partial charge in [0, 0.05) is 18.0 Å². The first kappa shape index (κ1) is 12.1. The van der Waals surface area contributed by atoms with E-state index in [0.717, 1.165) is 18.9 Å². The Labute approximate surface area is 99.2 Å². The van der Waals surface area contributed by atoms with Gasteiger partial charge in [-0.3, -0.25) is 4.79 Å². The molecule has 0 bridgehead atoms. The second-order valence-corrected chi connectivity index (χ2v) is 5.66. The highest BCUT2D eigenvalue weighted by molar-refractivity contribution is 5.78. The van der Waals surface area contributed by atoms with Crippen molar-refractivity contribution in [2.45, 2.75) is 76.8 Å². The molecule has 0 radical (unpaired) electrons. The minimum Gasteiger partial charge on any atom is -0.311 e. The molecule has 2 nitrogen and oxygen atoms in total.